The Morgan fingerprint density at radius 1 is 0.789 bits per heavy atom. The first kappa shape index (κ1) is 40.6. The van der Waals surface area contributed by atoms with Gasteiger partial charge in [0, 0.05) is 44.0 Å². The summed E-state index contributed by atoms with van der Waals surface area (Å²) < 4.78 is 25.4. The van der Waals surface area contributed by atoms with Gasteiger partial charge in [0.1, 0.15) is 0 Å². The Morgan fingerprint density at radius 3 is 1.66 bits per heavy atom. The minimum Gasteiger partial charge on any atom is -0.369 e. The minimum atomic E-state index is -3.08. The normalized spacial score (nSPS) is 20.5. The Morgan fingerprint density at radius 2 is 1.26 bits per heavy atom. The van der Waals surface area contributed by atoms with Crippen LogP contribution in [-0.2, 0) is 10.0 Å². The molecule has 0 spiro atoms. The summed E-state index contributed by atoms with van der Waals surface area (Å²) in [6, 6.07) is 0.715. The molecule has 1 aliphatic carbocycles. The summed E-state index contributed by atoms with van der Waals surface area (Å²) >= 11 is 0. The molecule has 1 heterocycles. The number of hydrogen-bond acceptors (Lipinski definition) is 4. The molecule has 2 fully saturated rings. The van der Waals surface area contributed by atoms with Crippen LogP contribution in [-0.4, -0.2) is 62.7 Å². The number of hydrogen-bond donors (Lipinski definition) is 1. The Bertz CT molecular complexity index is 795. The van der Waals surface area contributed by atoms with Crippen molar-refractivity contribution in [1.82, 2.24) is 14.5 Å². The zero-order valence-electron chi connectivity index (χ0n) is 26.5. The highest BCUT2D eigenvalue weighted by atomic mass is 32.2. The lowest BCUT2D eigenvalue weighted by atomic mass is 9.90. The highest BCUT2D eigenvalue weighted by molar-refractivity contribution is 7.88. The fourth-order valence-corrected chi connectivity index (χ4v) is 5.11. The van der Waals surface area contributed by atoms with Gasteiger partial charge in [-0.2, -0.15) is 0 Å². The Balaban J connectivity index is -0.000000736. The first-order chi connectivity index (χ1) is 18.2. The second kappa shape index (κ2) is 26.7. The third-order valence-electron chi connectivity index (χ3n) is 5.71. The summed E-state index contributed by atoms with van der Waals surface area (Å²) in [5.41, 5.74) is 2.47. The molecule has 1 saturated carbocycles. The second-order valence-corrected chi connectivity index (χ2v) is 10.2. The summed E-state index contributed by atoms with van der Waals surface area (Å²) in [6.07, 6.45) is 21.2. The van der Waals surface area contributed by atoms with Crippen LogP contribution in [0, 0.1) is 0 Å². The summed E-state index contributed by atoms with van der Waals surface area (Å²) in [7, 11) is -3.08. The van der Waals surface area contributed by atoms with Crippen molar-refractivity contribution in [2.75, 3.05) is 32.4 Å². The molecule has 38 heavy (non-hydrogen) atoms. The minimum absolute atomic E-state index is 0.120. The molecular formula is C32H61N3O2S. The van der Waals surface area contributed by atoms with E-state index in [4.69, 9.17) is 0 Å². The van der Waals surface area contributed by atoms with E-state index in [1.54, 1.807) is 6.08 Å². The first-order valence-corrected chi connectivity index (χ1v) is 16.5. The molecule has 0 aromatic carbocycles. The van der Waals surface area contributed by atoms with Crippen LogP contribution in [0.25, 0.3) is 0 Å². The second-order valence-electron chi connectivity index (χ2n) is 8.39. The molecule has 0 amide bonds. The predicted molar refractivity (Wildman–Crippen MR) is 173 cm³/mol. The molecule has 0 aromatic heterocycles. The van der Waals surface area contributed by atoms with Crippen molar-refractivity contribution >= 4 is 10.0 Å². The summed E-state index contributed by atoms with van der Waals surface area (Å²) in [6.45, 7) is 29.7. The van der Waals surface area contributed by atoms with Crippen molar-refractivity contribution in [2.24, 2.45) is 0 Å². The topological polar surface area (TPSA) is 52.6 Å². The molecule has 1 saturated heterocycles. The standard InChI is InChI=1S/C18H31N3O2S.C8H12.3C2H6/c1-4-6-17(7-5-2)20-12-14-21(15-13-20)18-10-8-16(9-11-18)19-24(3,22)23;1-4-6-8(3)7-5-2;3*1-2/h4-7,16,18-19H,1,8-15H2,2-3H3;4-7H,1H2,2-3H3;3*1-2H3/b7-5-,17-6+;7-5-,8-6-;;;. The highest BCUT2D eigenvalue weighted by Crippen LogP contribution is 2.25. The van der Waals surface area contributed by atoms with Crippen LogP contribution in [0.2, 0.25) is 0 Å². The molecular weight excluding hydrogens is 490 g/mol. The maximum Gasteiger partial charge on any atom is 0.208 e. The highest BCUT2D eigenvalue weighted by Gasteiger charge is 2.29. The molecule has 2 rings (SSSR count). The maximum atomic E-state index is 11.3. The fraction of sp³-hybridized carbons (Fsp3) is 0.625. The lowest BCUT2D eigenvalue weighted by Crippen LogP contribution is -2.51. The van der Waals surface area contributed by atoms with Gasteiger partial charge in [0.25, 0.3) is 0 Å². The quantitative estimate of drug-likeness (QED) is 0.312. The van der Waals surface area contributed by atoms with Gasteiger partial charge >= 0.3 is 0 Å². The van der Waals surface area contributed by atoms with E-state index in [-0.39, 0.29) is 6.04 Å². The molecule has 0 unspecified atom stereocenters. The van der Waals surface area contributed by atoms with E-state index in [1.165, 1.54) is 17.5 Å². The van der Waals surface area contributed by atoms with E-state index < -0.39 is 10.0 Å². The van der Waals surface area contributed by atoms with Gasteiger partial charge in [-0.05, 0) is 58.6 Å². The summed E-state index contributed by atoms with van der Waals surface area (Å²) in [4.78, 5) is 4.99. The largest absolute Gasteiger partial charge is 0.369 e. The Labute approximate surface area is 238 Å². The van der Waals surface area contributed by atoms with E-state index in [1.807, 2.05) is 86.6 Å². The maximum absolute atomic E-state index is 11.3. The fourth-order valence-electron chi connectivity index (χ4n) is 4.27. The van der Waals surface area contributed by atoms with Crippen LogP contribution >= 0.6 is 0 Å². The Kier molecular flexibility index (Phi) is 28.5. The van der Waals surface area contributed by atoms with Crippen LogP contribution in [0.5, 0.6) is 0 Å². The van der Waals surface area contributed by atoms with Gasteiger partial charge in [0.2, 0.25) is 10.0 Å². The first-order valence-electron chi connectivity index (χ1n) is 14.6. The number of allylic oxidation sites excluding steroid dienone is 9. The van der Waals surface area contributed by atoms with Gasteiger partial charge in [-0.1, -0.05) is 96.7 Å². The number of piperazine rings is 1. The molecule has 0 atom stereocenters. The number of nitrogens with one attached hydrogen (secondary N) is 1. The predicted octanol–water partition coefficient (Wildman–Crippen LogP) is 7.88. The van der Waals surface area contributed by atoms with E-state index in [0.29, 0.717) is 6.04 Å². The smallest absolute Gasteiger partial charge is 0.208 e. The summed E-state index contributed by atoms with van der Waals surface area (Å²) in [5.74, 6) is 0. The molecule has 2 aliphatic rings. The van der Waals surface area contributed by atoms with Crippen LogP contribution in [0.1, 0.15) is 88.0 Å². The van der Waals surface area contributed by atoms with Gasteiger partial charge in [0.05, 0.1) is 6.26 Å². The number of nitrogens with zero attached hydrogens (tertiary/aromatic N) is 2. The van der Waals surface area contributed by atoms with Crippen LogP contribution in [0.15, 0.2) is 73.0 Å². The van der Waals surface area contributed by atoms with Crippen LogP contribution in [0.3, 0.4) is 0 Å². The average Bonchev–Trinajstić information content (AvgIpc) is 2.92. The monoisotopic (exact) mass is 551 g/mol. The zero-order valence-corrected chi connectivity index (χ0v) is 27.3. The van der Waals surface area contributed by atoms with Crippen molar-refractivity contribution in [3.63, 3.8) is 0 Å². The summed E-state index contributed by atoms with van der Waals surface area (Å²) in [5, 5.41) is 0. The molecule has 0 radical (unpaired) electrons. The molecule has 6 heteroatoms. The van der Waals surface area contributed by atoms with Crippen molar-refractivity contribution in [2.45, 2.75) is 100 Å². The number of sulfonamides is 1. The SMILES string of the molecule is C=C/C=C(C)\C=C/C.C=C/C=C(\C=C/C)N1CCN(C2CCC(NS(C)(=O)=O)CC2)CC1.CC.CC.CC. The van der Waals surface area contributed by atoms with Gasteiger partial charge in [-0.15, -0.1) is 0 Å². The third kappa shape index (κ3) is 20.1. The van der Waals surface area contributed by atoms with E-state index in [0.717, 1.165) is 51.9 Å². The van der Waals surface area contributed by atoms with Crippen molar-refractivity contribution in [3.8, 4) is 0 Å². The van der Waals surface area contributed by atoms with Gasteiger partial charge in [0.15, 0.2) is 0 Å². The number of rotatable bonds is 8. The van der Waals surface area contributed by atoms with E-state index in [2.05, 4.69) is 45.9 Å². The third-order valence-corrected chi connectivity index (χ3v) is 6.47. The molecule has 0 bridgehead atoms. The van der Waals surface area contributed by atoms with Gasteiger partial charge in [-0.25, -0.2) is 13.1 Å². The zero-order chi connectivity index (χ0) is 30.0. The molecule has 5 nitrogen and oxygen atoms in total. The average molecular weight is 552 g/mol. The Hall–Kier alpha value is -1.89. The molecule has 222 valence electrons. The molecule has 1 N–H and O–H groups in total. The molecule has 0 aromatic rings. The lowest BCUT2D eigenvalue weighted by Gasteiger charge is -2.43. The van der Waals surface area contributed by atoms with Crippen molar-refractivity contribution in [1.29, 1.82) is 0 Å². The van der Waals surface area contributed by atoms with Gasteiger partial charge in [-0.3, -0.25) is 4.90 Å². The van der Waals surface area contributed by atoms with Gasteiger partial charge < -0.3 is 4.90 Å². The van der Waals surface area contributed by atoms with E-state index in [9.17, 15) is 8.42 Å². The van der Waals surface area contributed by atoms with Crippen LogP contribution in [0.4, 0.5) is 0 Å². The molecule has 1 aliphatic heterocycles. The van der Waals surface area contributed by atoms with E-state index >= 15 is 0 Å². The van der Waals surface area contributed by atoms with Crippen molar-refractivity contribution in [3.05, 3.63) is 73.0 Å². The lowest BCUT2D eigenvalue weighted by molar-refractivity contribution is 0.0915. The van der Waals surface area contributed by atoms with Crippen LogP contribution < -0.4 is 4.72 Å². The van der Waals surface area contributed by atoms with Crippen molar-refractivity contribution < 1.29 is 8.42 Å².